The van der Waals surface area contributed by atoms with E-state index in [2.05, 4.69) is 0 Å². The summed E-state index contributed by atoms with van der Waals surface area (Å²) in [6.07, 6.45) is 2.41. The van der Waals surface area contributed by atoms with Gasteiger partial charge in [-0.3, -0.25) is 14.8 Å². The van der Waals surface area contributed by atoms with Crippen LogP contribution in [-0.2, 0) is 17.8 Å². The molecule has 7 heteroatoms. The van der Waals surface area contributed by atoms with Gasteiger partial charge in [0, 0.05) is 23.5 Å². The van der Waals surface area contributed by atoms with Gasteiger partial charge in [0.2, 0.25) is 0 Å². The first-order valence-corrected chi connectivity index (χ1v) is 10.2. The molecular weight excluding hydrogens is 403 g/mol. The second-order valence-electron chi connectivity index (χ2n) is 6.95. The Hall–Kier alpha value is -3.29. The summed E-state index contributed by atoms with van der Waals surface area (Å²) in [5, 5.41) is 8.86. The monoisotopic (exact) mass is 422 g/mol. The van der Waals surface area contributed by atoms with Crippen LogP contribution in [0.1, 0.15) is 31.2 Å². The lowest BCUT2D eigenvalue weighted by molar-refractivity contribution is -0.125. The van der Waals surface area contributed by atoms with Crippen LogP contribution in [-0.4, -0.2) is 28.5 Å². The van der Waals surface area contributed by atoms with Gasteiger partial charge in [-0.1, -0.05) is 42.5 Å². The van der Waals surface area contributed by atoms with Crippen molar-refractivity contribution in [1.29, 1.82) is 0 Å². The number of hydrogen-bond donors (Lipinski definition) is 2. The van der Waals surface area contributed by atoms with E-state index in [1.165, 1.54) is 23.5 Å². The maximum atomic E-state index is 13.4. The number of halogens is 1. The summed E-state index contributed by atoms with van der Waals surface area (Å²) in [4.78, 5) is 28.4. The molecule has 1 aliphatic rings. The van der Waals surface area contributed by atoms with Crippen molar-refractivity contribution in [3.8, 4) is 0 Å². The number of nitrogens with one attached hydrogen (secondary N) is 1. The summed E-state index contributed by atoms with van der Waals surface area (Å²) in [6.45, 7) is 0.914. The second-order valence-corrected chi connectivity index (χ2v) is 8.09. The molecule has 0 saturated heterocycles. The van der Waals surface area contributed by atoms with Crippen LogP contribution >= 0.6 is 11.3 Å². The minimum atomic E-state index is -0.548. The van der Waals surface area contributed by atoms with Gasteiger partial charge in [-0.05, 0) is 47.4 Å². The van der Waals surface area contributed by atoms with E-state index >= 15 is 0 Å². The van der Waals surface area contributed by atoms with Crippen molar-refractivity contribution in [3.05, 3.63) is 92.9 Å². The molecule has 0 fully saturated rings. The number of rotatable bonds is 4. The predicted octanol–water partition coefficient (Wildman–Crippen LogP) is 4.13. The number of thiophene rings is 1. The van der Waals surface area contributed by atoms with Gasteiger partial charge < -0.3 is 4.90 Å². The van der Waals surface area contributed by atoms with Gasteiger partial charge in [-0.15, -0.1) is 11.3 Å². The molecule has 1 aromatic heterocycles. The van der Waals surface area contributed by atoms with Crippen molar-refractivity contribution in [2.45, 2.75) is 13.0 Å². The molecule has 5 nitrogen and oxygen atoms in total. The van der Waals surface area contributed by atoms with Crippen molar-refractivity contribution >= 4 is 34.8 Å². The van der Waals surface area contributed by atoms with Crippen LogP contribution in [0.3, 0.4) is 0 Å². The maximum Gasteiger partial charge on any atom is 0.284 e. The summed E-state index contributed by atoms with van der Waals surface area (Å²) in [7, 11) is 0. The molecule has 152 valence electrons. The average Bonchev–Trinajstić information content (AvgIpc) is 3.22. The quantitative estimate of drug-likeness (QED) is 0.287. The number of carbonyl (C=O) groups excluding carboxylic acids is 2. The molecule has 0 unspecified atom stereocenters. The van der Waals surface area contributed by atoms with Crippen molar-refractivity contribution in [3.63, 3.8) is 0 Å². The smallest absolute Gasteiger partial charge is 0.284 e. The Labute approximate surface area is 177 Å². The van der Waals surface area contributed by atoms with Crippen LogP contribution in [0.15, 0.2) is 60.7 Å². The van der Waals surface area contributed by atoms with E-state index in [0.717, 1.165) is 21.6 Å². The summed E-state index contributed by atoms with van der Waals surface area (Å²) in [5.74, 6) is -1.01. The highest BCUT2D eigenvalue weighted by Gasteiger charge is 2.26. The topological polar surface area (TPSA) is 69.6 Å². The first-order valence-electron chi connectivity index (χ1n) is 9.43. The molecule has 2 amide bonds. The van der Waals surface area contributed by atoms with Crippen LogP contribution in [0.25, 0.3) is 11.6 Å². The molecule has 0 aliphatic carbocycles. The normalized spacial score (nSPS) is 13.7. The van der Waals surface area contributed by atoms with Gasteiger partial charge in [-0.25, -0.2) is 9.87 Å². The van der Waals surface area contributed by atoms with Crippen molar-refractivity contribution in [2.24, 2.45) is 0 Å². The Bertz CT molecular complexity index is 1110. The van der Waals surface area contributed by atoms with E-state index in [1.807, 2.05) is 30.3 Å². The largest absolute Gasteiger partial charge is 0.334 e. The molecule has 3 aromatic rings. The molecule has 0 bridgehead atoms. The Kier molecular flexibility index (Phi) is 5.74. The minimum Gasteiger partial charge on any atom is -0.334 e. The fourth-order valence-electron chi connectivity index (χ4n) is 3.46. The van der Waals surface area contributed by atoms with Crippen LogP contribution in [0.4, 0.5) is 4.39 Å². The van der Waals surface area contributed by atoms with Gasteiger partial charge in [0.25, 0.3) is 11.8 Å². The number of fused-ring (bicyclic) bond motifs is 1. The lowest BCUT2D eigenvalue weighted by atomic mass is 10.00. The van der Waals surface area contributed by atoms with Gasteiger partial charge in [0.1, 0.15) is 5.82 Å². The summed E-state index contributed by atoms with van der Waals surface area (Å²) >= 11 is 1.33. The summed E-state index contributed by atoms with van der Waals surface area (Å²) in [6, 6.07) is 17.1. The van der Waals surface area contributed by atoms with Crippen molar-refractivity contribution in [1.82, 2.24) is 10.4 Å². The molecule has 1 aliphatic heterocycles. The zero-order valence-electron chi connectivity index (χ0n) is 16.0. The first kappa shape index (κ1) is 20.0. The van der Waals surface area contributed by atoms with Gasteiger partial charge in [0.05, 0.1) is 4.88 Å². The van der Waals surface area contributed by atoms with Crippen LogP contribution in [0.2, 0.25) is 0 Å². The fraction of sp³-hybridized carbons (Fsp3) is 0.130. The number of carbonyl (C=O) groups is 2. The Balaban J connectivity index is 1.65. The molecule has 0 atom stereocenters. The molecular formula is C23H19FN2O3S. The van der Waals surface area contributed by atoms with E-state index in [4.69, 9.17) is 5.21 Å². The summed E-state index contributed by atoms with van der Waals surface area (Å²) < 4.78 is 13.3. The molecule has 2 heterocycles. The fourth-order valence-corrected chi connectivity index (χ4v) is 4.51. The SMILES string of the molecule is O=C(NO)c1cc2c(s1)CCN(C(=O)/C(=C/c1ccc(F)cc1)c1ccccc1)C2. The van der Waals surface area contributed by atoms with Crippen LogP contribution in [0.5, 0.6) is 0 Å². The molecule has 2 N–H and O–H groups in total. The number of hydrogen-bond acceptors (Lipinski definition) is 4. The molecule has 0 radical (unpaired) electrons. The van der Waals surface area contributed by atoms with Crippen LogP contribution < -0.4 is 5.48 Å². The highest BCUT2D eigenvalue weighted by Crippen LogP contribution is 2.30. The lowest BCUT2D eigenvalue weighted by Gasteiger charge is -2.28. The molecule has 0 spiro atoms. The highest BCUT2D eigenvalue weighted by molar-refractivity contribution is 7.14. The average molecular weight is 422 g/mol. The lowest BCUT2D eigenvalue weighted by Crippen LogP contribution is -2.35. The van der Waals surface area contributed by atoms with Gasteiger partial charge >= 0.3 is 0 Å². The van der Waals surface area contributed by atoms with Crippen LogP contribution in [0, 0.1) is 5.82 Å². The second kappa shape index (κ2) is 8.61. The van der Waals surface area contributed by atoms with E-state index < -0.39 is 5.91 Å². The Morgan fingerprint density at radius 2 is 1.83 bits per heavy atom. The Morgan fingerprint density at radius 3 is 2.53 bits per heavy atom. The van der Waals surface area contributed by atoms with E-state index in [-0.39, 0.29) is 11.7 Å². The van der Waals surface area contributed by atoms with E-state index in [0.29, 0.717) is 30.0 Å². The highest BCUT2D eigenvalue weighted by atomic mass is 32.1. The third kappa shape index (κ3) is 4.17. The Morgan fingerprint density at radius 1 is 1.10 bits per heavy atom. The maximum absolute atomic E-state index is 13.4. The van der Waals surface area contributed by atoms with E-state index in [9.17, 15) is 14.0 Å². The third-order valence-electron chi connectivity index (χ3n) is 4.98. The van der Waals surface area contributed by atoms with Crippen molar-refractivity contribution < 1.29 is 19.2 Å². The zero-order valence-corrected chi connectivity index (χ0v) is 16.8. The predicted molar refractivity (Wildman–Crippen MR) is 113 cm³/mol. The number of hydroxylamine groups is 1. The number of nitrogens with zero attached hydrogens (tertiary/aromatic N) is 1. The zero-order chi connectivity index (χ0) is 21.1. The van der Waals surface area contributed by atoms with Gasteiger partial charge in [-0.2, -0.15) is 0 Å². The molecule has 4 rings (SSSR count). The van der Waals surface area contributed by atoms with Crippen molar-refractivity contribution in [2.75, 3.05) is 6.54 Å². The number of amides is 2. The standard InChI is InChI=1S/C23H19FN2O3S/c24-18-8-6-15(7-9-18)12-19(16-4-2-1-3-5-16)23(28)26-11-10-20-17(14-26)13-21(30-20)22(27)25-29/h1-9,12-13,29H,10-11,14H2,(H,25,27)/b19-12+. The van der Waals surface area contributed by atoms with Gasteiger partial charge in [0.15, 0.2) is 0 Å². The third-order valence-corrected chi connectivity index (χ3v) is 6.21. The molecule has 2 aromatic carbocycles. The summed E-state index contributed by atoms with van der Waals surface area (Å²) in [5.41, 5.74) is 4.60. The number of benzene rings is 2. The molecule has 30 heavy (non-hydrogen) atoms. The molecule has 0 saturated carbocycles. The first-order chi connectivity index (χ1) is 14.5. The van der Waals surface area contributed by atoms with E-state index in [1.54, 1.807) is 34.7 Å². The minimum absolute atomic E-state index is 0.129.